The van der Waals surface area contributed by atoms with Crippen LogP contribution in [0.15, 0.2) is 59.5 Å². The van der Waals surface area contributed by atoms with E-state index in [1.807, 2.05) is 43.3 Å². The van der Waals surface area contributed by atoms with Crippen molar-refractivity contribution in [2.75, 3.05) is 11.9 Å². The number of nitrogens with zero attached hydrogens (tertiary/aromatic N) is 2. The maximum atomic E-state index is 12.8. The largest absolute Gasteiger partial charge is 0.394 e. The maximum Gasteiger partial charge on any atom is 0.261 e. The Bertz CT molecular complexity index is 1300. The first kappa shape index (κ1) is 20.4. The van der Waals surface area contributed by atoms with E-state index in [1.54, 1.807) is 18.3 Å². The van der Waals surface area contributed by atoms with Gasteiger partial charge < -0.3 is 20.4 Å². The molecule has 0 saturated heterocycles. The van der Waals surface area contributed by atoms with E-state index in [4.69, 9.17) is 6.57 Å². The summed E-state index contributed by atoms with van der Waals surface area (Å²) in [5.74, 6) is 0.424. The summed E-state index contributed by atoms with van der Waals surface area (Å²) in [5.41, 5.74) is 4.71. The number of benzene rings is 2. The Labute approximate surface area is 179 Å². The van der Waals surface area contributed by atoms with Crippen LogP contribution >= 0.6 is 0 Å². The van der Waals surface area contributed by atoms with Crippen molar-refractivity contribution in [3.8, 4) is 11.4 Å². The average molecular weight is 413 g/mol. The fourth-order valence-electron chi connectivity index (χ4n) is 3.74. The van der Waals surface area contributed by atoms with Crippen LogP contribution in [0, 0.1) is 6.57 Å². The van der Waals surface area contributed by atoms with Crippen molar-refractivity contribution in [3.63, 3.8) is 0 Å². The molecule has 0 bridgehead atoms. The van der Waals surface area contributed by atoms with Gasteiger partial charge in [0.05, 0.1) is 35.9 Å². The molecule has 0 spiro atoms. The van der Waals surface area contributed by atoms with Crippen molar-refractivity contribution in [2.24, 2.45) is 0 Å². The molecule has 2 aromatic carbocycles. The molecule has 31 heavy (non-hydrogen) atoms. The van der Waals surface area contributed by atoms with Crippen molar-refractivity contribution in [1.29, 1.82) is 0 Å². The zero-order valence-electron chi connectivity index (χ0n) is 17.1. The van der Waals surface area contributed by atoms with Crippen LogP contribution in [0.3, 0.4) is 0 Å². The predicted octanol–water partition coefficient (Wildman–Crippen LogP) is 4.05. The first-order valence-corrected chi connectivity index (χ1v) is 10.2. The lowest BCUT2D eigenvalue weighted by Gasteiger charge is -2.19. The maximum absolute atomic E-state index is 12.8. The second-order valence-electron chi connectivity index (χ2n) is 7.36. The van der Waals surface area contributed by atoms with Gasteiger partial charge in [-0.05, 0) is 36.1 Å². The summed E-state index contributed by atoms with van der Waals surface area (Å²) in [5, 5.41) is 13.2. The molecular weight excluding hydrogens is 390 g/mol. The summed E-state index contributed by atoms with van der Waals surface area (Å²) in [4.78, 5) is 26.9. The van der Waals surface area contributed by atoms with Crippen molar-refractivity contribution in [2.45, 2.75) is 25.8 Å². The highest BCUT2D eigenvalue weighted by Gasteiger charge is 2.18. The molecule has 7 heteroatoms. The fraction of sp³-hybridized carbons (Fsp3) is 0.208. The molecule has 0 amide bonds. The third kappa shape index (κ3) is 4.20. The third-order valence-electron chi connectivity index (χ3n) is 5.26. The van der Waals surface area contributed by atoms with E-state index in [0.29, 0.717) is 29.2 Å². The number of pyridine rings is 1. The minimum Gasteiger partial charge on any atom is -0.394 e. The molecule has 1 atom stereocenters. The van der Waals surface area contributed by atoms with Gasteiger partial charge in [0.2, 0.25) is 0 Å². The third-order valence-corrected chi connectivity index (χ3v) is 5.26. The highest BCUT2D eigenvalue weighted by molar-refractivity contribution is 5.87. The summed E-state index contributed by atoms with van der Waals surface area (Å²) in [6, 6.07) is 14.9. The van der Waals surface area contributed by atoms with Crippen LogP contribution in [0.2, 0.25) is 0 Å². The first-order valence-electron chi connectivity index (χ1n) is 10.2. The number of aryl methyl sites for hydroxylation is 1. The van der Waals surface area contributed by atoms with Crippen LogP contribution < -0.4 is 10.9 Å². The van der Waals surface area contributed by atoms with E-state index in [0.717, 1.165) is 28.6 Å². The molecule has 0 aliphatic carbocycles. The molecule has 2 heterocycles. The average Bonchev–Trinajstić information content (AvgIpc) is 3.22. The van der Waals surface area contributed by atoms with Crippen molar-refractivity contribution >= 4 is 22.4 Å². The van der Waals surface area contributed by atoms with Gasteiger partial charge in [0.25, 0.3) is 5.56 Å². The molecule has 4 rings (SSSR count). The van der Waals surface area contributed by atoms with Crippen LogP contribution in [0.5, 0.6) is 0 Å². The number of hydrogen-bond acceptors (Lipinski definition) is 4. The highest BCUT2D eigenvalue weighted by atomic mass is 16.3. The number of rotatable bonds is 7. The van der Waals surface area contributed by atoms with Crippen molar-refractivity contribution in [3.05, 3.63) is 87.6 Å². The number of anilines is 1. The Balaban J connectivity index is 1.75. The van der Waals surface area contributed by atoms with Crippen LogP contribution in [0.1, 0.15) is 18.1 Å². The minimum absolute atomic E-state index is 0.0877. The SMILES string of the molecule is [C-]#[N+]c1cc(CC)c2nc(-c3c(N[C@H](CO)Cc4ccccc4)cc[nH]c3=O)[nH]c2c1. The van der Waals surface area contributed by atoms with E-state index in [2.05, 4.69) is 25.1 Å². The Hall–Kier alpha value is -3.89. The van der Waals surface area contributed by atoms with Gasteiger partial charge >= 0.3 is 0 Å². The lowest BCUT2D eigenvalue weighted by molar-refractivity contribution is 0.274. The van der Waals surface area contributed by atoms with Crippen molar-refractivity contribution < 1.29 is 5.11 Å². The Morgan fingerprint density at radius 3 is 2.74 bits per heavy atom. The van der Waals surface area contributed by atoms with E-state index in [9.17, 15) is 9.90 Å². The molecular formula is C24H23N5O2. The number of aromatic nitrogens is 3. The summed E-state index contributed by atoms with van der Waals surface area (Å²) in [6.45, 7) is 9.24. The molecule has 7 nitrogen and oxygen atoms in total. The summed E-state index contributed by atoms with van der Waals surface area (Å²) in [6.07, 6.45) is 2.91. The first-order chi connectivity index (χ1) is 15.1. The molecule has 156 valence electrons. The molecule has 0 fully saturated rings. The number of imidazole rings is 1. The summed E-state index contributed by atoms with van der Waals surface area (Å²) >= 11 is 0. The van der Waals surface area contributed by atoms with E-state index in [-0.39, 0.29) is 18.2 Å². The van der Waals surface area contributed by atoms with Gasteiger partial charge in [-0.15, -0.1) is 0 Å². The molecule has 0 saturated carbocycles. The quantitative estimate of drug-likeness (QED) is 0.344. The molecule has 2 aromatic heterocycles. The zero-order valence-corrected chi connectivity index (χ0v) is 17.1. The Morgan fingerprint density at radius 1 is 1.23 bits per heavy atom. The number of aliphatic hydroxyl groups excluding tert-OH is 1. The van der Waals surface area contributed by atoms with Gasteiger partial charge in [0.1, 0.15) is 11.4 Å². The summed E-state index contributed by atoms with van der Waals surface area (Å²) in [7, 11) is 0. The molecule has 4 N–H and O–H groups in total. The molecule has 0 radical (unpaired) electrons. The lowest BCUT2D eigenvalue weighted by Crippen LogP contribution is -2.28. The zero-order chi connectivity index (χ0) is 21.8. The number of H-pyrrole nitrogens is 2. The van der Waals surface area contributed by atoms with Gasteiger partial charge in [0, 0.05) is 6.20 Å². The molecule has 4 aromatic rings. The van der Waals surface area contributed by atoms with E-state index < -0.39 is 0 Å². The minimum atomic E-state index is -0.288. The Morgan fingerprint density at radius 2 is 2.03 bits per heavy atom. The van der Waals surface area contributed by atoms with E-state index >= 15 is 0 Å². The smallest absolute Gasteiger partial charge is 0.261 e. The normalized spacial score (nSPS) is 11.9. The molecule has 0 aliphatic heterocycles. The van der Waals surface area contributed by atoms with Crippen LogP contribution in [0.25, 0.3) is 27.3 Å². The topological polar surface area (TPSA) is 98.2 Å². The highest BCUT2D eigenvalue weighted by Crippen LogP contribution is 2.29. The summed E-state index contributed by atoms with van der Waals surface area (Å²) < 4.78 is 0. The lowest BCUT2D eigenvalue weighted by atomic mass is 10.1. The Kier molecular flexibility index (Phi) is 5.83. The van der Waals surface area contributed by atoms with Crippen LogP contribution in [0.4, 0.5) is 11.4 Å². The monoisotopic (exact) mass is 413 g/mol. The van der Waals surface area contributed by atoms with Crippen LogP contribution in [-0.2, 0) is 12.8 Å². The second-order valence-corrected chi connectivity index (χ2v) is 7.36. The number of aromatic amines is 2. The molecule has 0 aliphatic rings. The second kappa shape index (κ2) is 8.86. The number of nitrogens with one attached hydrogen (secondary N) is 3. The van der Waals surface area contributed by atoms with Gasteiger partial charge in [-0.2, -0.15) is 0 Å². The van der Waals surface area contributed by atoms with Gasteiger partial charge in [-0.1, -0.05) is 43.3 Å². The number of hydrogen-bond donors (Lipinski definition) is 4. The predicted molar refractivity (Wildman–Crippen MR) is 122 cm³/mol. The van der Waals surface area contributed by atoms with Gasteiger partial charge in [-0.3, -0.25) is 4.79 Å². The fourth-order valence-corrected chi connectivity index (χ4v) is 3.74. The van der Waals surface area contributed by atoms with Gasteiger partial charge in [0.15, 0.2) is 5.69 Å². The van der Waals surface area contributed by atoms with E-state index in [1.165, 1.54) is 0 Å². The van der Waals surface area contributed by atoms with Crippen molar-refractivity contribution in [1.82, 2.24) is 15.0 Å². The number of fused-ring (bicyclic) bond motifs is 1. The van der Waals surface area contributed by atoms with Gasteiger partial charge in [-0.25, -0.2) is 9.83 Å². The number of aliphatic hydroxyl groups is 1. The molecule has 0 unspecified atom stereocenters. The van der Waals surface area contributed by atoms with Crippen LogP contribution in [-0.4, -0.2) is 32.7 Å². The standard InChI is InChI=1S/C24H23N5O2/c1-3-16-12-17(25-2)13-20-22(16)29-23(28-20)21-19(9-10-26-24(21)31)27-18(14-30)11-15-7-5-4-6-8-15/h4-10,12-13,18,30H,3,11,14H2,1H3,(H,28,29)(H2,26,27,31)/t18-/m0/s1.